The van der Waals surface area contributed by atoms with Gasteiger partial charge in [0.2, 0.25) is 0 Å². The van der Waals surface area contributed by atoms with Crippen molar-refractivity contribution in [2.24, 2.45) is 0 Å². The maximum Gasteiger partial charge on any atom is 0.126 e. The highest BCUT2D eigenvalue weighted by Crippen LogP contribution is 2.23. The summed E-state index contributed by atoms with van der Waals surface area (Å²) in [6.07, 6.45) is 0. The maximum absolute atomic E-state index is 13.1. The fraction of sp³-hybridized carbons (Fsp3) is 0.0769. The van der Waals surface area contributed by atoms with Crippen molar-refractivity contribution in [2.45, 2.75) is 6.92 Å². The van der Waals surface area contributed by atoms with Crippen molar-refractivity contribution in [3.05, 3.63) is 58.3 Å². The molecule has 0 fully saturated rings. The van der Waals surface area contributed by atoms with Crippen molar-refractivity contribution in [2.75, 3.05) is 0 Å². The lowest BCUT2D eigenvalue weighted by Crippen LogP contribution is -1.83. The summed E-state index contributed by atoms with van der Waals surface area (Å²) in [5, 5.41) is 0. The Kier molecular flexibility index (Phi) is 2.87. The molecule has 0 aromatic heterocycles. The Balaban J connectivity index is 2.45. The number of aryl methyl sites for hydroxylation is 1. The monoisotopic (exact) mass is 264 g/mol. The van der Waals surface area contributed by atoms with E-state index < -0.39 is 0 Å². The molecule has 2 aromatic carbocycles. The third-order valence-electron chi connectivity index (χ3n) is 2.34. The minimum Gasteiger partial charge on any atom is -0.207 e. The lowest BCUT2D eigenvalue weighted by molar-refractivity contribution is 0.619. The van der Waals surface area contributed by atoms with Crippen molar-refractivity contribution in [1.29, 1.82) is 0 Å². The van der Waals surface area contributed by atoms with E-state index in [-0.39, 0.29) is 5.82 Å². The summed E-state index contributed by atoms with van der Waals surface area (Å²) in [6, 6.07) is 13.1. The lowest BCUT2D eigenvalue weighted by atomic mass is 10.0. The van der Waals surface area contributed by atoms with E-state index in [0.29, 0.717) is 5.56 Å². The largest absolute Gasteiger partial charge is 0.207 e. The van der Waals surface area contributed by atoms with Crippen molar-refractivity contribution >= 4 is 15.9 Å². The topological polar surface area (TPSA) is 0 Å². The van der Waals surface area contributed by atoms with Gasteiger partial charge >= 0.3 is 0 Å². The van der Waals surface area contributed by atoms with Crippen LogP contribution in [0, 0.1) is 12.7 Å². The van der Waals surface area contributed by atoms with Crippen LogP contribution in [0.2, 0.25) is 0 Å². The molecule has 0 aliphatic heterocycles. The zero-order valence-electron chi connectivity index (χ0n) is 8.30. The highest BCUT2D eigenvalue weighted by Gasteiger charge is 2.01. The van der Waals surface area contributed by atoms with Crippen LogP contribution < -0.4 is 0 Å². The molecule has 0 saturated carbocycles. The third-order valence-corrected chi connectivity index (χ3v) is 2.86. The average Bonchev–Trinajstić information content (AvgIpc) is 2.23. The number of hydrogen-bond acceptors (Lipinski definition) is 0. The van der Waals surface area contributed by atoms with E-state index in [0.717, 1.165) is 15.6 Å². The molecule has 0 nitrogen and oxygen atoms in total. The van der Waals surface area contributed by atoms with E-state index >= 15 is 0 Å². The first kappa shape index (κ1) is 10.4. The number of rotatable bonds is 1. The quantitative estimate of drug-likeness (QED) is 0.708. The molecule has 0 heterocycles. The van der Waals surface area contributed by atoms with Gasteiger partial charge in [-0.1, -0.05) is 34.1 Å². The molecule has 2 rings (SSSR count). The van der Waals surface area contributed by atoms with Gasteiger partial charge in [-0.2, -0.15) is 0 Å². The van der Waals surface area contributed by atoms with Gasteiger partial charge in [0.05, 0.1) is 0 Å². The maximum atomic E-state index is 13.1. The first-order valence-corrected chi connectivity index (χ1v) is 5.48. The zero-order chi connectivity index (χ0) is 10.8. The molecule has 0 spiro atoms. The van der Waals surface area contributed by atoms with Gasteiger partial charge in [0.25, 0.3) is 0 Å². The molecule has 0 N–H and O–H groups in total. The minimum atomic E-state index is -0.157. The molecule has 0 bridgehead atoms. The second-order valence-corrected chi connectivity index (χ2v) is 4.39. The number of hydrogen-bond donors (Lipinski definition) is 0. The Hall–Kier alpha value is -1.15. The van der Waals surface area contributed by atoms with E-state index in [1.54, 1.807) is 13.0 Å². The smallest absolute Gasteiger partial charge is 0.126 e. The van der Waals surface area contributed by atoms with Gasteiger partial charge in [0.15, 0.2) is 0 Å². The van der Waals surface area contributed by atoms with Crippen molar-refractivity contribution < 1.29 is 4.39 Å². The van der Waals surface area contributed by atoms with E-state index in [4.69, 9.17) is 0 Å². The Morgan fingerprint density at radius 1 is 0.933 bits per heavy atom. The number of benzene rings is 2. The molecule has 76 valence electrons. The SMILES string of the molecule is Cc1cc(-c2ccc(Br)cc2)ccc1F. The predicted molar refractivity (Wildman–Crippen MR) is 64.3 cm³/mol. The molecule has 0 aliphatic rings. The predicted octanol–water partition coefficient (Wildman–Crippen LogP) is 4.56. The molecule has 0 unspecified atom stereocenters. The van der Waals surface area contributed by atoms with Crippen LogP contribution in [-0.4, -0.2) is 0 Å². The van der Waals surface area contributed by atoms with Crippen LogP contribution in [0.3, 0.4) is 0 Å². The van der Waals surface area contributed by atoms with Gasteiger partial charge < -0.3 is 0 Å². The third kappa shape index (κ3) is 2.26. The molecule has 0 atom stereocenters. The van der Waals surface area contributed by atoms with Gasteiger partial charge in [-0.25, -0.2) is 4.39 Å². The van der Waals surface area contributed by atoms with E-state index in [2.05, 4.69) is 15.9 Å². The van der Waals surface area contributed by atoms with Crippen LogP contribution in [-0.2, 0) is 0 Å². The van der Waals surface area contributed by atoms with Crippen LogP contribution in [0.15, 0.2) is 46.9 Å². The summed E-state index contributed by atoms with van der Waals surface area (Å²) in [5.41, 5.74) is 2.82. The summed E-state index contributed by atoms with van der Waals surface area (Å²) < 4.78 is 14.1. The lowest BCUT2D eigenvalue weighted by Gasteiger charge is -2.03. The van der Waals surface area contributed by atoms with Crippen molar-refractivity contribution in [1.82, 2.24) is 0 Å². The van der Waals surface area contributed by atoms with E-state index in [1.807, 2.05) is 30.3 Å². The molecule has 2 heteroatoms. The summed E-state index contributed by atoms with van der Waals surface area (Å²) >= 11 is 3.38. The van der Waals surface area contributed by atoms with Crippen LogP contribution in [0.25, 0.3) is 11.1 Å². The minimum absolute atomic E-state index is 0.157. The molecule has 0 saturated heterocycles. The summed E-state index contributed by atoms with van der Waals surface area (Å²) in [5.74, 6) is -0.157. The van der Waals surface area contributed by atoms with E-state index in [9.17, 15) is 4.39 Å². The Bertz CT molecular complexity index is 474. The van der Waals surface area contributed by atoms with Crippen molar-refractivity contribution in [3.63, 3.8) is 0 Å². The molecular weight excluding hydrogens is 255 g/mol. The van der Waals surface area contributed by atoms with Crippen LogP contribution >= 0.6 is 15.9 Å². The van der Waals surface area contributed by atoms with Crippen LogP contribution in [0.5, 0.6) is 0 Å². The molecule has 0 radical (unpaired) electrons. The highest BCUT2D eigenvalue weighted by molar-refractivity contribution is 9.10. The molecule has 0 aliphatic carbocycles. The summed E-state index contributed by atoms with van der Waals surface area (Å²) in [6.45, 7) is 1.78. The molecule has 15 heavy (non-hydrogen) atoms. The van der Waals surface area contributed by atoms with Crippen molar-refractivity contribution in [3.8, 4) is 11.1 Å². The average molecular weight is 265 g/mol. The van der Waals surface area contributed by atoms with Gasteiger partial charge in [-0.3, -0.25) is 0 Å². The Labute approximate surface area is 96.9 Å². The van der Waals surface area contributed by atoms with Gasteiger partial charge in [-0.15, -0.1) is 0 Å². The van der Waals surface area contributed by atoms with Crippen LogP contribution in [0.4, 0.5) is 4.39 Å². The van der Waals surface area contributed by atoms with Gasteiger partial charge in [-0.05, 0) is 47.9 Å². The summed E-state index contributed by atoms with van der Waals surface area (Å²) in [7, 11) is 0. The zero-order valence-corrected chi connectivity index (χ0v) is 9.88. The first-order chi connectivity index (χ1) is 7.16. The Morgan fingerprint density at radius 2 is 1.53 bits per heavy atom. The second kappa shape index (κ2) is 4.15. The van der Waals surface area contributed by atoms with Crippen LogP contribution in [0.1, 0.15) is 5.56 Å². The van der Waals surface area contributed by atoms with E-state index in [1.165, 1.54) is 6.07 Å². The Morgan fingerprint density at radius 3 is 2.13 bits per heavy atom. The number of halogens is 2. The first-order valence-electron chi connectivity index (χ1n) is 4.69. The standard InChI is InChI=1S/C13H10BrF/c1-9-8-11(4-7-13(9)15)10-2-5-12(14)6-3-10/h2-8H,1H3. The normalized spacial score (nSPS) is 10.3. The molecular formula is C13H10BrF. The fourth-order valence-corrected chi connectivity index (χ4v) is 1.73. The highest BCUT2D eigenvalue weighted by atomic mass is 79.9. The molecule has 2 aromatic rings. The van der Waals surface area contributed by atoms with Gasteiger partial charge in [0.1, 0.15) is 5.82 Å². The molecule has 0 amide bonds. The van der Waals surface area contributed by atoms with Gasteiger partial charge in [0, 0.05) is 4.47 Å². The fourth-order valence-electron chi connectivity index (χ4n) is 1.47. The summed E-state index contributed by atoms with van der Waals surface area (Å²) in [4.78, 5) is 0. The second-order valence-electron chi connectivity index (χ2n) is 3.47.